The summed E-state index contributed by atoms with van der Waals surface area (Å²) in [7, 11) is 0. The molecular weight excluding hydrogens is 356 g/mol. The molecule has 1 saturated heterocycles. The van der Waals surface area contributed by atoms with E-state index in [1.165, 1.54) is 10.8 Å². The summed E-state index contributed by atoms with van der Waals surface area (Å²) in [4.78, 5) is 41.4. The monoisotopic (exact) mass is 382 g/mol. The number of fused-ring (bicyclic) bond motifs is 1. The third kappa shape index (κ3) is 3.69. The smallest absolute Gasteiger partial charge is 0.275 e. The molecule has 1 aromatic heterocycles. The van der Waals surface area contributed by atoms with Gasteiger partial charge in [-0.3, -0.25) is 14.4 Å². The van der Waals surface area contributed by atoms with Crippen molar-refractivity contribution in [3.8, 4) is 0 Å². The van der Waals surface area contributed by atoms with Gasteiger partial charge in [0.1, 0.15) is 0 Å². The lowest BCUT2D eigenvalue weighted by atomic mass is 10.1. The number of carbonyl (C=O) groups excluding carboxylic acids is 2. The Hall–Kier alpha value is -2.96. The van der Waals surface area contributed by atoms with Crippen LogP contribution < -0.4 is 5.56 Å². The van der Waals surface area contributed by atoms with Crippen LogP contribution in [0.5, 0.6) is 0 Å². The minimum absolute atomic E-state index is 0.131. The third-order valence-electron chi connectivity index (χ3n) is 4.98. The number of rotatable bonds is 4. The van der Waals surface area contributed by atoms with Gasteiger partial charge in [0.15, 0.2) is 5.69 Å². The van der Waals surface area contributed by atoms with Crippen LogP contribution in [0.4, 0.5) is 0 Å². The minimum Gasteiger partial charge on any atom is -0.335 e. The maximum Gasteiger partial charge on any atom is 0.275 e. The number of carbonyl (C=O) groups is 2. The second-order valence-electron chi connectivity index (χ2n) is 7.61. The predicted octanol–water partition coefficient (Wildman–Crippen LogP) is 1.91. The van der Waals surface area contributed by atoms with Crippen LogP contribution in [0.25, 0.3) is 10.8 Å². The van der Waals surface area contributed by atoms with Gasteiger partial charge in [-0.2, -0.15) is 5.10 Å². The molecule has 0 aliphatic carbocycles. The molecule has 2 heterocycles. The molecule has 2 aromatic rings. The van der Waals surface area contributed by atoms with E-state index in [0.29, 0.717) is 37.0 Å². The molecule has 148 valence electrons. The molecule has 3 rings (SSSR count). The zero-order valence-electron chi connectivity index (χ0n) is 16.6. The van der Waals surface area contributed by atoms with E-state index in [9.17, 15) is 14.4 Å². The highest BCUT2D eigenvalue weighted by molar-refractivity contribution is 6.05. The molecule has 28 heavy (non-hydrogen) atoms. The van der Waals surface area contributed by atoms with Crippen molar-refractivity contribution in [2.75, 3.05) is 19.6 Å². The molecule has 0 radical (unpaired) electrons. The summed E-state index contributed by atoms with van der Waals surface area (Å²) in [6.45, 7) is 11.2. The summed E-state index contributed by atoms with van der Waals surface area (Å²) >= 11 is 0. The fraction of sp³-hybridized carbons (Fsp3) is 0.429. The van der Waals surface area contributed by atoms with Crippen molar-refractivity contribution in [3.05, 3.63) is 53.0 Å². The molecule has 1 aromatic carbocycles. The van der Waals surface area contributed by atoms with Gasteiger partial charge in [0, 0.05) is 37.6 Å². The van der Waals surface area contributed by atoms with Gasteiger partial charge in [-0.1, -0.05) is 38.6 Å². The van der Waals surface area contributed by atoms with Gasteiger partial charge >= 0.3 is 0 Å². The van der Waals surface area contributed by atoms with Crippen LogP contribution in [0.1, 0.15) is 31.3 Å². The lowest BCUT2D eigenvalue weighted by Gasteiger charge is -2.39. The first-order chi connectivity index (χ1) is 13.3. The number of hydrogen-bond donors (Lipinski definition) is 0. The number of aromatic nitrogens is 2. The average Bonchev–Trinajstić information content (AvgIpc) is 2.68. The van der Waals surface area contributed by atoms with Crippen molar-refractivity contribution in [1.29, 1.82) is 0 Å². The maximum atomic E-state index is 13.3. The second kappa shape index (κ2) is 7.96. The van der Waals surface area contributed by atoms with Crippen LogP contribution in [0, 0.1) is 5.92 Å². The predicted molar refractivity (Wildman–Crippen MR) is 108 cm³/mol. The van der Waals surface area contributed by atoms with E-state index in [0.717, 1.165) is 0 Å². The maximum absolute atomic E-state index is 13.3. The van der Waals surface area contributed by atoms with E-state index >= 15 is 0 Å². The summed E-state index contributed by atoms with van der Waals surface area (Å²) in [6.07, 6.45) is 1.29. The zero-order valence-corrected chi connectivity index (χ0v) is 16.6. The van der Waals surface area contributed by atoms with Crippen LogP contribution in [0.3, 0.4) is 0 Å². The topological polar surface area (TPSA) is 75.5 Å². The van der Waals surface area contributed by atoms with Crippen molar-refractivity contribution >= 4 is 22.6 Å². The molecule has 0 bridgehead atoms. The first-order valence-corrected chi connectivity index (χ1v) is 9.55. The van der Waals surface area contributed by atoms with Crippen molar-refractivity contribution in [2.24, 2.45) is 5.92 Å². The van der Waals surface area contributed by atoms with Gasteiger partial charge in [-0.05, 0) is 25.0 Å². The van der Waals surface area contributed by atoms with Crippen molar-refractivity contribution in [3.63, 3.8) is 0 Å². The first kappa shape index (κ1) is 19.8. The van der Waals surface area contributed by atoms with Gasteiger partial charge in [0.2, 0.25) is 5.91 Å². The Balaban J connectivity index is 2.00. The molecule has 1 fully saturated rings. The quantitative estimate of drug-likeness (QED) is 0.757. The van der Waals surface area contributed by atoms with E-state index in [-0.39, 0.29) is 35.0 Å². The highest BCUT2D eigenvalue weighted by Crippen LogP contribution is 2.19. The fourth-order valence-corrected chi connectivity index (χ4v) is 3.59. The highest BCUT2D eigenvalue weighted by Gasteiger charge is 2.31. The Morgan fingerprint density at radius 2 is 1.93 bits per heavy atom. The minimum atomic E-state index is -0.216. The average molecular weight is 382 g/mol. The summed E-state index contributed by atoms with van der Waals surface area (Å²) in [5, 5.41) is 5.50. The lowest BCUT2D eigenvalue weighted by Crippen LogP contribution is -2.55. The molecule has 0 saturated carbocycles. The number of hydrogen-bond acceptors (Lipinski definition) is 4. The van der Waals surface area contributed by atoms with Gasteiger partial charge in [-0.15, -0.1) is 0 Å². The molecule has 1 aliphatic heterocycles. The molecule has 7 nitrogen and oxygen atoms in total. The van der Waals surface area contributed by atoms with Crippen LogP contribution in [-0.2, 0) is 11.3 Å². The Morgan fingerprint density at radius 3 is 2.54 bits per heavy atom. The van der Waals surface area contributed by atoms with Crippen molar-refractivity contribution in [2.45, 2.75) is 33.4 Å². The molecule has 2 amide bonds. The Morgan fingerprint density at radius 1 is 1.25 bits per heavy atom. The molecular formula is C21H26N4O3. The largest absolute Gasteiger partial charge is 0.335 e. The Bertz CT molecular complexity index is 979. The van der Waals surface area contributed by atoms with Crippen LogP contribution >= 0.6 is 0 Å². The van der Waals surface area contributed by atoms with Gasteiger partial charge in [-0.25, -0.2) is 4.68 Å². The fourth-order valence-electron chi connectivity index (χ4n) is 3.59. The summed E-state index contributed by atoms with van der Waals surface area (Å²) in [6, 6.07) is 6.93. The number of piperazine rings is 1. The summed E-state index contributed by atoms with van der Waals surface area (Å²) in [5.74, 6) is -0.124. The first-order valence-electron chi connectivity index (χ1n) is 9.55. The molecule has 1 atom stereocenters. The molecule has 7 heteroatoms. The molecule has 0 N–H and O–H groups in total. The zero-order chi connectivity index (χ0) is 20.4. The third-order valence-corrected chi connectivity index (χ3v) is 4.98. The van der Waals surface area contributed by atoms with Crippen molar-refractivity contribution < 1.29 is 9.59 Å². The van der Waals surface area contributed by atoms with Crippen molar-refractivity contribution in [1.82, 2.24) is 19.6 Å². The normalized spacial score (nSPS) is 17.2. The van der Waals surface area contributed by atoms with Crippen LogP contribution in [0.2, 0.25) is 0 Å². The lowest BCUT2D eigenvalue weighted by molar-refractivity contribution is -0.128. The Kier molecular flexibility index (Phi) is 5.63. The van der Waals surface area contributed by atoms with Crippen LogP contribution in [-0.4, -0.2) is 57.1 Å². The summed E-state index contributed by atoms with van der Waals surface area (Å²) in [5.41, 5.74) is 0.0986. The van der Waals surface area contributed by atoms with Gasteiger partial charge in [0.25, 0.3) is 11.5 Å². The SMILES string of the molecule is C=CC(=O)N1CCN(C(=O)c2nn(CC(C)C)c(=O)c3ccccc23)[C@@H](C)C1. The second-order valence-corrected chi connectivity index (χ2v) is 7.61. The number of amides is 2. The molecule has 0 unspecified atom stereocenters. The van der Waals surface area contributed by atoms with Gasteiger partial charge < -0.3 is 9.80 Å². The number of benzene rings is 1. The van der Waals surface area contributed by atoms with Crippen LogP contribution in [0.15, 0.2) is 41.7 Å². The van der Waals surface area contributed by atoms with E-state index < -0.39 is 0 Å². The number of nitrogens with zero attached hydrogens (tertiary/aromatic N) is 4. The molecule has 1 aliphatic rings. The van der Waals surface area contributed by atoms with E-state index in [1.807, 2.05) is 20.8 Å². The summed E-state index contributed by atoms with van der Waals surface area (Å²) < 4.78 is 1.39. The highest BCUT2D eigenvalue weighted by atomic mass is 16.2. The molecule has 0 spiro atoms. The van der Waals surface area contributed by atoms with E-state index in [1.54, 1.807) is 34.1 Å². The van der Waals surface area contributed by atoms with Gasteiger partial charge in [0.05, 0.1) is 5.39 Å². The van der Waals surface area contributed by atoms with E-state index in [4.69, 9.17) is 0 Å². The standard InChI is InChI=1S/C21H26N4O3/c1-5-18(26)23-10-11-24(15(4)13-23)21(28)19-16-8-6-7-9-17(16)20(27)25(22-19)12-14(2)3/h5-9,14-15H,1,10-13H2,2-4H3/t15-/m0/s1. The Labute approximate surface area is 164 Å². The van der Waals surface area contributed by atoms with E-state index in [2.05, 4.69) is 11.7 Å².